The van der Waals surface area contributed by atoms with Gasteiger partial charge in [-0.05, 0) is 56.8 Å². The standard InChI is InChI=1S/C18H30N2/c1-18(2)12-7-9-16(11-13-18)19-17-10-6-5-8-15(17)14-20(3)4/h5-6,8,10,16,19H,7,9,11-14H2,1-4H3. The summed E-state index contributed by atoms with van der Waals surface area (Å²) in [5.41, 5.74) is 3.26. The predicted octanol–water partition coefficient (Wildman–Crippen LogP) is 4.52. The summed E-state index contributed by atoms with van der Waals surface area (Å²) in [6.45, 7) is 5.83. The molecule has 1 aliphatic carbocycles. The van der Waals surface area contributed by atoms with Crippen LogP contribution in [-0.4, -0.2) is 25.0 Å². The summed E-state index contributed by atoms with van der Waals surface area (Å²) < 4.78 is 0. The number of para-hydroxylation sites is 1. The van der Waals surface area contributed by atoms with Gasteiger partial charge in [0, 0.05) is 18.3 Å². The molecule has 112 valence electrons. The van der Waals surface area contributed by atoms with Crippen LogP contribution >= 0.6 is 0 Å². The second-order valence-corrected chi connectivity index (χ2v) is 7.33. The van der Waals surface area contributed by atoms with Gasteiger partial charge in [0.2, 0.25) is 0 Å². The van der Waals surface area contributed by atoms with Crippen molar-refractivity contribution in [1.29, 1.82) is 0 Å². The van der Waals surface area contributed by atoms with Crippen LogP contribution in [-0.2, 0) is 6.54 Å². The maximum Gasteiger partial charge on any atom is 0.0388 e. The first-order chi connectivity index (χ1) is 9.46. The fourth-order valence-corrected chi connectivity index (χ4v) is 3.17. The van der Waals surface area contributed by atoms with Crippen LogP contribution in [0.1, 0.15) is 51.5 Å². The van der Waals surface area contributed by atoms with Crippen LogP contribution in [0.15, 0.2) is 24.3 Å². The van der Waals surface area contributed by atoms with Crippen LogP contribution in [0.3, 0.4) is 0 Å². The van der Waals surface area contributed by atoms with Crippen molar-refractivity contribution in [3.05, 3.63) is 29.8 Å². The molecule has 1 aliphatic rings. The Balaban J connectivity index is 2.02. The molecule has 1 aromatic carbocycles. The van der Waals surface area contributed by atoms with Gasteiger partial charge in [-0.1, -0.05) is 38.5 Å². The third-order valence-corrected chi connectivity index (χ3v) is 4.44. The highest BCUT2D eigenvalue weighted by molar-refractivity contribution is 5.51. The molecule has 0 amide bonds. The molecule has 1 saturated carbocycles. The Hall–Kier alpha value is -1.02. The lowest BCUT2D eigenvalue weighted by Crippen LogP contribution is -2.21. The van der Waals surface area contributed by atoms with Crippen molar-refractivity contribution < 1.29 is 0 Å². The van der Waals surface area contributed by atoms with Gasteiger partial charge in [-0.25, -0.2) is 0 Å². The monoisotopic (exact) mass is 274 g/mol. The van der Waals surface area contributed by atoms with E-state index in [1.807, 2.05) is 0 Å². The second kappa shape index (κ2) is 6.62. The number of nitrogens with one attached hydrogen (secondary N) is 1. The molecule has 0 bridgehead atoms. The molecule has 0 aliphatic heterocycles. The molecule has 0 saturated heterocycles. The molecule has 0 heterocycles. The van der Waals surface area contributed by atoms with E-state index >= 15 is 0 Å². The molecule has 2 heteroatoms. The van der Waals surface area contributed by atoms with Gasteiger partial charge in [0.1, 0.15) is 0 Å². The molecular weight excluding hydrogens is 244 g/mol. The molecule has 0 spiro atoms. The Labute approximate surface area is 124 Å². The summed E-state index contributed by atoms with van der Waals surface area (Å²) in [6, 6.07) is 9.39. The molecule has 1 N–H and O–H groups in total. The van der Waals surface area contributed by atoms with Crippen LogP contribution in [0, 0.1) is 5.41 Å². The first-order valence-corrected chi connectivity index (χ1v) is 7.95. The van der Waals surface area contributed by atoms with E-state index in [0.29, 0.717) is 11.5 Å². The van der Waals surface area contributed by atoms with E-state index in [0.717, 1.165) is 6.54 Å². The van der Waals surface area contributed by atoms with Crippen molar-refractivity contribution in [3.63, 3.8) is 0 Å². The fourth-order valence-electron chi connectivity index (χ4n) is 3.17. The van der Waals surface area contributed by atoms with E-state index in [2.05, 4.69) is 62.4 Å². The lowest BCUT2D eigenvalue weighted by atomic mass is 9.85. The number of anilines is 1. The van der Waals surface area contributed by atoms with Crippen molar-refractivity contribution in [1.82, 2.24) is 4.90 Å². The Morgan fingerprint density at radius 3 is 2.65 bits per heavy atom. The lowest BCUT2D eigenvalue weighted by Gasteiger charge is -2.23. The third-order valence-electron chi connectivity index (χ3n) is 4.44. The topological polar surface area (TPSA) is 15.3 Å². The van der Waals surface area contributed by atoms with Gasteiger partial charge in [0.15, 0.2) is 0 Å². The minimum Gasteiger partial charge on any atom is -0.382 e. The molecule has 1 aromatic rings. The zero-order valence-corrected chi connectivity index (χ0v) is 13.6. The number of rotatable bonds is 4. The van der Waals surface area contributed by atoms with Crippen LogP contribution < -0.4 is 5.32 Å². The molecule has 1 unspecified atom stereocenters. The van der Waals surface area contributed by atoms with Gasteiger partial charge in [-0.15, -0.1) is 0 Å². The van der Waals surface area contributed by atoms with Crippen LogP contribution in [0.2, 0.25) is 0 Å². The average molecular weight is 274 g/mol. The molecule has 2 rings (SSSR count). The van der Waals surface area contributed by atoms with Gasteiger partial charge in [-0.2, -0.15) is 0 Å². The molecule has 0 radical (unpaired) electrons. The van der Waals surface area contributed by atoms with Crippen LogP contribution in [0.4, 0.5) is 5.69 Å². The van der Waals surface area contributed by atoms with Gasteiger partial charge in [-0.3, -0.25) is 0 Å². The van der Waals surface area contributed by atoms with Gasteiger partial charge >= 0.3 is 0 Å². The fraction of sp³-hybridized carbons (Fsp3) is 0.667. The first-order valence-electron chi connectivity index (χ1n) is 7.95. The van der Waals surface area contributed by atoms with Crippen LogP contribution in [0.25, 0.3) is 0 Å². The zero-order valence-electron chi connectivity index (χ0n) is 13.6. The summed E-state index contributed by atoms with van der Waals surface area (Å²) in [4.78, 5) is 2.23. The molecule has 2 nitrogen and oxygen atoms in total. The normalized spacial score (nSPS) is 22.6. The van der Waals surface area contributed by atoms with E-state index in [1.54, 1.807) is 0 Å². The van der Waals surface area contributed by atoms with Gasteiger partial charge in [0.25, 0.3) is 0 Å². The van der Waals surface area contributed by atoms with E-state index < -0.39 is 0 Å². The van der Waals surface area contributed by atoms with E-state index in [-0.39, 0.29) is 0 Å². The minimum atomic E-state index is 0.527. The average Bonchev–Trinajstić information content (AvgIpc) is 2.53. The highest BCUT2D eigenvalue weighted by Crippen LogP contribution is 2.35. The quantitative estimate of drug-likeness (QED) is 0.812. The summed E-state index contributed by atoms with van der Waals surface area (Å²) in [7, 11) is 4.26. The van der Waals surface area contributed by atoms with Crippen molar-refractivity contribution >= 4 is 5.69 Å². The zero-order chi connectivity index (χ0) is 14.6. The molecule has 1 atom stereocenters. The Bertz CT molecular complexity index is 423. The number of hydrogen-bond donors (Lipinski definition) is 1. The summed E-state index contributed by atoms with van der Waals surface area (Å²) in [5, 5.41) is 3.81. The second-order valence-electron chi connectivity index (χ2n) is 7.33. The van der Waals surface area contributed by atoms with Crippen LogP contribution in [0.5, 0.6) is 0 Å². The summed E-state index contributed by atoms with van der Waals surface area (Å²) in [5.74, 6) is 0. The Kier molecular flexibility index (Phi) is 5.09. The maximum atomic E-state index is 3.81. The molecule has 20 heavy (non-hydrogen) atoms. The molecule has 0 aromatic heterocycles. The summed E-state index contributed by atoms with van der Waals surface area (Å²) in [6.07, 6.45) is 6.65. The number of benzene rings is 1. The van der Waals surface area contributed by atoms with Crippen molar-refractivity contribution in [2.24, 2.45) is 5.41 Å². The van der Waals surface area contributed by atoms with E-state index in [9.17, 15) is 0 Å². The number of nitrogens with zero attached hydrogens (tertiary/aromatic N) is 1. The SMILES string of the molecule is CN(C)Cc1ccccc1NC1CCCC(C)(C)CC1. The summed E-state index contributed by atoms with van der Waals surface area (Å²) >= 11 is 0. The van der Waals surface area contributed by atoms with Gasteiger partial charge < -0.3 is 10.2 Å². The largest absolute Gasteiger partial charge is 0.382 e. The number of hydrogen-bond acceptors (Lipinski definition) is 2. The van der Waals surface area contributed by atoms with E-state index in [1.165, 1.54) is 43.4 Å². The highest BCUT2D eigenvalue weighted by atomic mass is 15.1. The van der Waals surface area contributed by atoms with Crippen molar-refractivity contribution in [2.45, 2.75) is 58.5 Å². The van der Waals surface area contributed by atoms with E-state index in [4.69, 9.17) is 0 Å². The lowest BCUT2D eigenvalue weighted by molar-refractivity contribution is 0.313. The smallest absolute Gasteiger partial charge is 0.0388 e. The maximum absolute atomic E-state index is 3.81. The third kappa shape index (κ3) is 4.52. The predicted molar refractivity (Wildman–Crippen MR) is 88.1 cm³/mol. The highest BCUT2D eigenvalue weighted by Gasteiger charge is 2.24. The first kappa shape index (κ1) is 15.4. The van der Waals surface area contributed by atoms with Crippen molar-refractivity contribution in [3.8, 4) is 0 Å². The molecule has 1 fully saturated rings. The van der Waals surface area contributed by atoms with Gasteiger partial charge in [0.05, 0.1) is 0 Å². The molecular formula is C18H30N2. The minimum absolute atomic E-state index is 0.527. The Morgan fingerprint density at radius 1 is 1.15 bits per heavy atom. The van der Waals surface area contributed by atoms with Crippen molar-refractivity contribution in [2.75, 3.05) is 19.4 Å². The Morgan fingerprint density at radius 2 is 1.90 bits per heavy atom.